The van der Waals surface area contributed by atoms with Crippen LogP contribution in [0.1, 0.15) is 0 Å². The second-order valence-corrected chi connectivity index (χ2v) is 26.0. The van der Waals surface area contributed by atoms with E-state index in [-0.39, 0.29) is 23.9 Å². The fourth-order valence-electron chi connectivity index (χ4n) is 16.5. The van der Waals surface area contributed by atoms with Gasteiger partial charge < -0.3 is 0 Å². The molecule has 0 atom stereocenters. The van der Waals surface area contributed by atoms with Crippen LogP contribution in [-0.4, -0.2) is 48.5 Å². The summed E-state index contributed by atoms with van der Waals surface area (Å²) in [6, 6.07) is 174. The average Bonchev–Trinajstić information content (AvgIpc) is 0.765. The Hall–Kier alpha value is -11.4. The normalized spacial score (nSPS) is 11.1. The Labute approximate surface area is 616 Å². The summed E-state index contributed by atoms with van der Waals surface area (Å²) in [5, 5.41) is 0. The van der Waals surface area contributed by atoms with E-state index in [9.17, 15) is 0 Å². The van der Waals surface area contributed by atoms with Crippen molar-refractivity contribution in [3.05, 3.63) is 485 Å². The van der Waals surface area contributed by atoms with Crippen LogP contribution in [0, 0.1) is 0 Å². The quantitative estimate of drug-likeness (QED) is 0.0846. The third-order valence-corrected chi connectivity index (χ3v) is 20.8. The van der Waals surface area contributed by atoms with E-state index in [4.69, 9.17) is 0 Å². The van der Waals surface area contributed by atoms with Gasteiger partial charge in [0.15, 0.2) is 0 Å². The van der Waals surface area contributed by atoms with Gasteiger partial charge in [0.2, 0.25) is 0 Å². The van der Waals surface area contributed by atoms with Crippen LogP contribution in [0.25, 0.3) is 0 Å². The largest absolute Gasteiger partial charge is 4.00 e. The summed E-state index contributed by atoms with van der Waals surface area (Å²) in [4.78, 5) is 0. The van der Waals surface area contributed by atoms with E-state index in [1.54, 1.807) is 0 Å². The summed E-state index contributed by atoms with van der Waals surface area (Å²) >= 11 is 0. The molecule has 0 nitrogen and oxygen atoms in total. The maximum absolute atomic E-state index is 2.26. The van der Waals surface area contributed by atoms with Crippen molar-refractivity contribution in [2.24, 2.45) is 0 Å². The molecular weight excluding hydrogens is 1320 g/mol. The van der Waals surface area contributed by atoms with Gasteiger partial charge >= 0.3 is 23.9 Å². The molecule has 0 spiro atoms. The third kappa shape index (κ3) is 14.7. The molecule has 0 heterocycles. The van der Waals surface area contributed by atoms with Crippen molar-refractivity contribution in [2.75, 3.05) is 0 Å². The van der Waals surface area contributed by atoms with Gasteiger partial charge in [0.05, 0.1) is 0 Å². The molecule has 480 valence electrons. The number of rotatable bonds is 16. The minimum Gasteiger partial charge on any atom is -0.195 e. The first kappa shape index (κ1) is 69.5. The summed E-state index contributed by atoms with van der Waals surface area (Å²) < 4.78 is 0. The van der Waals surface area contributed by atoms with Crippen molar-refractivity contribution in [3.8, 4) is 0 Å². The van der Waals surface area contributed by atoms with Gasteiger partial charge in [-0.05, 0) is 0 Å². The topological polar surface area (TPSA) is 0 Å². The summed E-state index contributed by atoms with van der Waals surface area (Å²) in [5.74, 6) is 0. The molecule has 0 bridgehead atoms. The van der Waals surface area contributed by atoms with E-state index in [1.165, 1.54) is 87.4 Å². The number of hydrogen-bond donors (Lipinski definition) is 0. The van der Waals surface area contributed by atoms with E-state index in [0.29, 0.717) is 0 Å². The van der Waals surface area contributed by atoms with Crippen molar-refractivity contribution in [3.63, 3.8) is 0 Å². The molecule has 0 saturated carbocycles. The molecule has 0 fully saturated rings. The van der Waals surface area contributed by atoms with Crippen LogP contribution < -0.4 is 87.4 Å². The molecule has 0 aliphatic heterocycles. The predicted molar refractivity (Wildman–Crippen MR) is 446 cm³/mol. The summed E-state index contributed by atoms with van der Waals surface area (Å²) in [7, 11) is 0. The van der Waals surface area contributed by atoms with Gasteiger partial charge in [-0.25, -0.2) is 0 Å². The van der Waals surface area contributed by atoms with E-state index < -0.39 is 24.6 Å². The van der Waals surface area contributed by atoms with Crippen LogP contribution in [0.4, 0.5) is 0 Å². The van der Waals surface area contributed by atoms with E-state index in [1.807, 2.05) is 0 Å². The van der Waals surface area contributed by atoms with Crippen LogP contribution >= 0.6 is 0 Å². The molecule has 16 aromatic carbocycles. The molecule has 101 heavy (non-hydrogen) atoms. The zero-order valence-electron chi connectivity index (χ0n) is 57.0. The van der Waals surface area contributed by atoms with Gasteiger partial charge in [-0.1, -0.05) is 485 Å². The molecule has 0 unspecified atom stereocenters. The van der Waals surface area contributed by atoms with Crippen LogP contribution in [0.3, 0.4) is 0 Å². The summed E-state index contributed by atoms with van der Waals surface area (Å²) in [6.45, 7) is 0. The molecule has 5 heteroatoms. The predicted octanol–water partition coefficient (Wildman–Crippen LogP) is 11.9. The first-order valence-electron chi connectivity index (χ1n) is 35.2. The molecule has 0 N–H and O–H groups in total. The second kappa shape index (κ2) is 34.4. The molecule has 16 rings (SSSR count). The van der Waals surface area contributed by atoms with Crippen LogP contribution in [0.15, 0.2) is 485 Å². The minimum atomic E-state index is -1.22. The molecule has 16 aromatic rings. The Morgan fingerprint density at radius 1 is 0.0792 bits per heavy atom. The minimum absolute atomic E-state index is 0. The Morgan fingerprint density at radius 3 is 0.178 bits per heavy atom. The fraction of sp³-hybridized carbons (Fsp3) is 0. The summed E-state index contributed by atoms with van der Waals surface area (Å²) in [6.07, 6.45) is -4.86. The van der Waals surface area contributed by atoms with Crippen LogP contribution in [0.2, 0.25) is 0 Å². The van der Waals surface area contributed by atoms with Gasteiger partial charge in [0, 0.05) is 0 Å². The average molecular weight is 1400 g/mol. The molecule has 0 radical (unpaired) electrons. The molecule has 0 aromatic heterocycles. The Bertz CT molecular complexity index is 3670. The van der Waals surface area contributed by atoms with Gasteiger partial charge in [-0.2, -0.15) is 87.4 Å². The van der Waals surface area contributed by atoms with E-state index >= 15 is 0 Å². The van der Waals surface area contributed by atoms with Gasteiger partial charge in [0.1, 0.15) is 24.6 Å². The van der Waals surface area contributed by atoms with Crippen molar-refractivity contribution in [1.29, 1.82) is 0 Å². The molecule has 0 amide bonds. The van der Waals surface area contributed by atoms with Crippen molar-refractivity contribution < 1.29 is 0 Å². The first-order chi connectivity index (χ1) is 49.7. The molecular formula is C96H80B4Sn. The smallest absolute Gasteiger partial charge is 0.195 e. The molecule has 0 aliphatic rings. The van der Waals surface area contributed by atoms with Crippen molar-refractivity contribution in [1.82, 2.24) is 0 Å². The van der Waals surface area contributed by atoms with Crippen LogP contribution in [0.5, 0.6) is 0 Å². The maximum Gasteiger partial charge on any atom is 4.00 e. The fourth-order valence-corrected chi connectivity index (χ4v) is 16.5. The second-order valence-electron chi connectivity index (χ2n) is 26.0. The van der Waals surface area contributed by atoms with Gasteiger partial charge in [-0.3, -0.25) is 0 Å². The monoisotopic (exact) mass is 1400 g/mol. The molecule has 0 aliphatic carbocycles. The number of hydrogen-bond acceptors (Lipinski definition) is 0. The Kier molecular flexibility index (Phi) is 23.6. The summed E-state index contributed by atoms with van der Waals surface area (Å²) in [5.41, 5.74) is 21.4. The van der Waals surface area contributed by atoms with Crippen molar-refractivity contribution in [2.45, 2.75) is 0 Å². The SMILES string of the molecule is [Sn+4].c1ccc([B-](c2ccccc2)(c2ccccc2)c2ccccc2)cc1.c1ccc([B-](c2ccccc2)(c2ccccc2)c2ccccc2)cc1.c1ccc([B-](c2ccccc2)(c2ccccc2)c2ccccc2)cc1.c1ccc([B-](c2ccccc2)(c2ccccc2)c2ccccc2)cc1. The zero-order chi connectivity index (χ0) is 67.8. The Morgan fingerprint density at radius 2 is 0.129 bits per heavy atom. The zero-order valence-corrected chi connectivity index (χ0v) is 59.9. The van der Waals surface area contributed by atoms with Gasteiger partial charge in [0.25, 0.3) is 0 Å². The van der Waals surface area contributed by atoms with E-state index in [0.717, 1.165) is 0 Å². The number of benzene rings is 16. The van der Waals surface area contributed by atoms with E-state index in [2.05, 4.69) is 485 Å². The maximum atomic E-state index is 2.26. The standard InChI is InChI=1S/4C24H20B.Sn/c4*1-5-13-21(14-6-1)25(22-15-7-2-8-16-22,23-17-9-3-10-18-23)24-19-11-4-12-20-24;/h4*1-20H;/q4*-1;+4. The van der Waals surface area contributed by atoms with Crippen LogP contribution in [-0.2, 0) is 0 Å². The van der Waals surface area contributed by atoms with Gasteiger partial charge in [-0.15, -0.1) is 0 Å². The third-order valence-electron chi connectivity index (χ3n) is 20.8. The Balaban J connectivity index is 0.000000127. The van der Waals surface area contributed by atoms with Crippen molar-refractivity contribution >= 4 is 136 Å². The first-order valence-corrected chi connectivity index (χ1v) is 35.2. The molecule has 0 saturated heterocycles.